The minimum atomic E-state index is -3.53. The molecular weight excluding hydrogens is 352 g/mol. The molecule has 4 nitrogen and oxygen atoms in total. The third-order valence-electron chi connectivity index (χ3n) is 3.49. The molecule has 6 heteroatoms. The van der Waals surface area contributed by atoms with Gasteiger partial charge in [-0.25, -0.2) is 13.1 Å². The van der Waals surface area contributed by atoms with Crippen molar-refractivity contribution in [3.63, 3.8) is 0 Å². The van der Waals surface area contributed by atoms with E-state index < -0.39 is 10.0 Å². The first kappa shape index (κ1) is 18.6. The maximum absolute atomic E-state index is 12.6. The summed E-state index contributed by atoms with van der Waals surface area (Å²) in [5.74, 6) is 0.240. The fourth-order valence-corrected chi connectivity index (χ4v) is 4.28. The Morgan fingerprint density at radius 1 is 1.24 bits per heavy atom. The lowest BCUT2D eigenvalue weighted by molar-refractivity contribution is 0.476. The van der Waals surface area contributed by atoms with Crippen LogP contribution in [0.1, 0.15) is 38.8 Å². The van der Waals surface area contributed by atoms with Crippen molar-refractivity contribution < 1.29 is 8.42 Å². The van der Waals surface area contributed by atoms with Crippen molar-refractivity contribution in [2.75, 3.05) is 6.54 Å². The lowest BCUT2D eigenvalue weighted by atomic mass is 10.1. The first-order valence-corrected chi connectivity index (χ1v) is 9.48. The Hall–Kier alpha value is -0.430. The summed E-state index contributed by atoms with van der Waals surface area (Å²) in [5, 5.41) is 3.22. The van der Waals surface area contributed by atoms with Crippen LogP contribution in [0.5, 0.6) is 0 Å². The van der Waals surface area contributed by atoms with Crippen LogP contribution < -0.4 is 10.0 Å². The van der Waals surface area contributed by atoms with Gasteiger partial charge in [-0.1, -0.05) is 26.8 Å². The van der Waals surface area contributed by atoms with Gasteiger partial charge < -0.3 is 5.32 Å². The van der Waals surface area contributed by atoms with Crippen molar-refractivity contribution in [3.8, 4) is 0 Å². The number of benzene rings is 1. The molecule has 0 saturated carbocycles. The predicted octanol–water partition coefficient (Wildman–Crippen LogP) is 3.19. The minimum Gasteiger partial charge on any atom is -0.313 e. The van der Waals surface area contributed by atoms with Gasteiger partial charge in [0.1, 0.15) is 0 Å². The molecule has 1 aromatic carbocycles. The zero-order chi connectivity index (χ0) is 16.2. The van der Waals surface area contributed by atoms with E-state index in [2.05, 4.69) is 26.0 Å². The summed E-state index contributed by atoms with van der Waals surface area (Å²) >= 11 is 3.41. The second-order valence-corrected chi connectivity index (χ2v) is 8.13. The lowest BCUT2D eigenvalue weighted by Gasteiger charge is -2.19. The van der Waals surface area contributed by atoms with Gasteiger partial charge in [0.05, 0.1) is 4.90 Å². The molecule has 1 rings (SSSR count). The second-order valence-electron chi connectivity index (χ2n) is 5.66. The highest BCUT2D eigenvalue weighted by atomic mass is 79.9. The SMILES string of the molecule is CCNCc1cc(C)c(Br)c(S(=O)(=O)NC(C)C(C)C)c1. The van der Waals surface area contributed by atoms with Gasteiger partial charge in [-0.05, 0) is 59.4 Å². The summed E-state index contributed by atoms with van der Waals surface area (Å²) in [6.07, 6.45) is 0. The summed E-state index contributed by atoms with van der Waals surface area (Å²) in [7, 11) is -3.53. The third-order valence-corrected chi connectivity index (χ3v) is 6.39. The lowest BCUT2D eigenvalue weighted by Crippen LogP contribution is -2.36. The molecule has 2 N–H and O–H groups in total. The molecule has 0 heterocycles. The Bertz CT molecular complexity index is 586. The van der Waals surface area contributed by atoms with Gasteiger partial charge in [-0.2, -0.15) is 0 Å². The van der Waals surface area contributed by atoms with E-state index in [-0.39, 0.29) is 12.0 Å². The summed E-state index contributed by atoms with van der Waals surface area (Å²) in [5.41, 5.74) is 1.89. The van der Waals surface area contributed by atoms with Gasteiger partial charge in [0, 0.05) is 17.1 Å². The molecule has 0 aliphatic rings. The Balaban J connectivity index is 3.18. The average Bonchev–Trinajstić information content (AvgIpc) is 2.39. The summed E-state index contributed by atoms with van der Waals surface area (Å²) in [4.78, 5) is 0.308. The molecule has 1 aromatic rings. The molecule has 1 atom stereocenters. The third kappa shape index (κ3) is 5.06. The van der Waals surface area contributed by atoms with E-state index in [1.807, 2.05) is 40.7 Å². The van der Waals surface area contributed by atoms with Gasteiger partial charge in [0.15, 0.2) is 0 Å². The van der Waals surface area contributed by atoms with Gasteiger partial charge in [-0.15, -0.1) is 0 Å². The Morgan fingerprint density at radius 3 is 2.38 bits per heavy atom. The van der Waals surface area contributed by atoms with Crippen LogP contribution in [-0.2, 0) is 16.6 Å². The van der Waals surface area contributed by atoms with Crippen LogP contribution in [0.4, 0.5) is 0 Å². The van der Waals surface area contributed by atoms with Crippen LogP contribution in [0.3, 0.4) is 0 Å². The number of nitrogens with one attached hydrogen (secondary N) is 2. The van der Waals surface area contributed by atoms with Crippen molar-refractivity contribution in [2.24, 2.45) is 5.92 Å². The van der Waals surface area contributed by atoms with Gasteiger partial charge in [0.25, 0.3) is 0 Å². The molecule has 0 saturated heterocycles. The quantitative estimate of drug-likeness (QED) is 0.767. The molecule has 0 aromatic heterocycles. The highest BCUT2D eigenvalue weighted by molar-refractivity contribution is 9.10. The van der Waals surface area contributed by atoms with Crippen molar-refractivity contribution in [2.45, 2.75) is 52.1 Å². The fourth-order valence-electron chi connectivity index (χ4n) is 1.82. The molecule has 1 unspecified atom stereocenters. The van der Waals surface area contributed by atoms with Gasteiger partial charge in [0.2, 0.25) is 10.0 Å². The van der Waals surface area contributed by atoms with E-state index in [4.69, 9.17) is 0 Å². The Morgan fingerprint density at radius 2 is 1.86 bits per heavy atom. The minimum absolute atomic E-state index is 0.111. The first-order valence-electron chi connectivity index (χ1n) is 7.21. The molecule has 0 fully saturated rings. The van der Waals surface area contributed by atoms with Crippen LogP contribution in [0.2, 0.25) is 0 Å². The smallest absolute Gasteiger partial charge is 0.241 e. The van der Waals surface area contributed by atoms with E-state index in [1.165, 1.54) is 0 Å². The largest absolute Gasteiger partial charge is 0.313 e. The van der Waals surface area contributed by atoms with E-state index in [9.17, 15) is 8.42 Å². The number of hydrogen-bond donors (Lipinski definition) is 2. The zero-order valence-electron chi connectivity index (χ0n) is 13.3. The summed E-state index contributed by atoms with van der Waals surface area (Å²) in [6.45, 7) is 11.3. The average molecular weight is 377 g/mol. The molecule has 0 aliphatic heterocycles. The number of aryl methyl sites for hydroxylation is 1. The molecule has 21 heavy (non-hydrogen) atoms. The fraction of sp³-hybridized carbons (Fsp3) is 0.600. The van der Waals surface area contributed by atoms with Crippen LogP contribution in [0, 0.1) is 12.8 Å². The molecule has 0 spiro atoms. The van der Waals surface area contributed by atoms with E-state index in [0.717, 1.165) is 17.7 Å². The zero-order valence-corrected chi connectivity index (χ0v) is 15.7. The van der Waals surface area contributed by atoms with Crippen LogP contribution in [0.25, 0.3) is 0 Å². The molecule has 0 bridgehead atoms. The summed E-state index contributed by atoms with van der Waals surface area (Å²) in [6, 6.07) is 3.62. The Kier molecular flexibility index (Phi) is 6.84. The second kappa shape index (κ2) is 7.72. The van der Waals surface area contributed by atoms with Crippen LogP contribution in [0.15, 0.2) is 21.5 Å². The maximum atomic E-state index is 12.6. The van der Waals surface area contributed by atoms with Crippen LogP contribution in [-0.4, -0.2) is 21.0 Å². The maximum Gasteiger partial charge on any atom is 0.241 e. The normalized spacial score (nSPS) is 13.7. The standard InChI is InChI=1S/C15H25BrN2O2S/c1-6-17-9-13-7-11(4)15(16)14(8-13)21(19,20)18-12(5)10(2)3/h7-8,10,12,17-18H,6,9H2,1-5H3. The van der Waals surface area contributed by atoms with E-state index in [1.54, 1.807) is 6.07 Å². The Labute approximate surface area is 136 Å². The summed E-state index contributed by atoms with van der Waals surface area (Å²) < 4.78 is 28.5. The van der Waals surface area contributed by atoms with Crippen molar-refractivity contribution in [1.29, 1.82) is 0 Å². The predicted molar refractivity (Wildman–Crippen MR) is 90.9 cm³/mol. The van der Waals surface area contributed by atoms with Gasteiger partial charge in [-0.3, -0.25) is 0 Å². The monoisotopic (exact) mass is 376 g/mol. The molecule has 0 aliphatic carbocycles. The van der Waals surface area contributed by atoms with Crippen molar-refractivity contribution in [1.82, 2.24) is 10.0 Å². The number of sulfonamides is 1. The van der Waals surface area contributed by atoms with Gasteiger partial charge >= 0.3 is 0 Å². The molecular formula is C15H25BrN2O2S. The molecule has 0 radical (unpaired) electrons. The highest BCUT2D eigenvalue weighted by Gasteiger charge is 2.23. The first-order chi connectivity index (χ1) is 9.69. The molecule has 120 valence electrons. The number of halogens is 1. The van der Waals surface area contributed by atoms with Crippen molar-refractivity contribution >= 4 is 26.0 Å². The van der Waals surface area contributed by atoms with Crippen molar-refractivity contribution in [3.05, 3.63) is 27.7 Å². The van der Waals surface area contributed by atoms with E-state index >= 15 is 0 Å². The van der Waals surface area contributed by atoms with Crippen LogP contribution >= 0.6 is 15.9 Å². The molecule has 0 amide bonds. The van der Waals surface area contributed by atoms with E-state index in [0.29, 0.717) is 15.9 Å². The number of rotatable bonds is 7. The topological polar surface area (TPSA) is 58.2 Å². The number of hydrogen-bond acceptors (Lipinski definition) is 3. The highest BCUT2D eigenvalue weighted by Crippen LogP contribution is 2.27.